The molecule has 0 saturated carbocycles. The largest absolute Gasteiger partial charge is 0.383 e. The molecule has 1 N–H and O–H groups in total. The number of hydrogen-bond donors (Lipinski definition) is 1. The lowest BCUT2D eigenvalue weighted by atomic mass is 10.1. The molecule has 2 aromatic carbocycles. The number of nitrogens with one attached hydrogen (secondary N) is 1. The van der Waals surface area contributed by atoms with Crippen LogP contribution in [0.1, 0.15) is 12.0 Å². The number of carbonyl (C=O) groups is 1. The number of rotatable bonds is 1. The normalized spacial score (nSPS) is 14.6. The zero-order valence-electron chi connectivity index (χ0n) is 10.9. The summed E-state index contributed by atoms with van der Waals surface area (Å²) in [7, 11) is 0. The Labute approximate surface area is 112 Å². The number of hydrogen-bond acceptors (Lipinski definition) is 2. The van der Waals surface area contributed by atoms with Crippen LogP contribution in [-0.4, -0.2) is 12.5 Å². The summed E-state index contributed by atoms with van der Waals surface area (Å²) in [6.45, 7) is 2.72. The van der Waals surface area contributed by atoms with Gasteiger partial charge in [-0.3, -0.25) is 9.69 Å². The third-order valence-corrected chi connectivity index (χ3v) is 3.31. The Morgan fingerprint density at radius 3 is 2.79 bits per heavy atom. The van der Waals surface area contributed by atoms with Crippen molar-refractivity contribution >= 4 is 23.0 Å². The van der Waals surface area contributed by atoms with E-state index in [2.05, 4.69) is 5.32 Å². The maximum absolute atomic E-state index is 12.4. The van der Waals surface area contributed by atoms with Crippen molar-refractivity contribution in [1.29, 1.82) is 0 Å². The summed E-state index contributed by atoms with van der Waals surface area (Å²) in [5.41, 5.74) is 4.02. The minimum atomic E-state index is 0.128. The fourth-order valence-corrected chi connectivity index (χ4v) is 2.42. The summed E-state index contributed by atoms with van der Waals surface area (Å²) in [6.07, 6.45) is 0.503. The van der Waals surface area contributed by atoms with E-state index < -0.39 is 0 Å². The average Bonchev–Trinajstić information content (AvgIpc) is 2.57. The van der Waals surface area contributed by atoms with Gasteiger partial charge in [-0.2, -0.15) is 0 Å². The molecule has 0 aliphatic carbocycles. The molecular formula is C16H16N2O. The van der Waals surface area contributed by atoms with Crippen molar-refractivity contribution in [2.45, 2.75) is 13.3 Å². The molecule has 1 amide bonds. The smallest absolute Gasteiger partial charge is 0.233 e. The van der Waals surface area contributed by atoms with Gasteiger partial charge >= 0.3 is 0 Å². The number of aryl methyl sites for hydroxylation is 1. The molecule has 0 unspecified atom stereocenters. The summed E-state index contributed by atoms with van der Waals surface area (Å²) in [6, 6.07) is 16.0. The quantitative estimate of drug-likeness (QED) is 0.842. The highest BCUT2D eigenvalue weighted by Gasteiger charge is 2.23. The van der Waals surface area contributed by atoms with Crippen molar-refractivity contribution in [3.8, 4) is 0 Å². The van der Waals surface area contributed by atoms with Crippen LogP contribution in [0, 0.1) is 6.92 Å². The summed E-state index contributed by atoms with van der Waals surface area (Å²) in [4.78, 5) is 14.2. The molecule has 1 heterocycles. The highest BCUT2D eigenvalue weighted by Crippen LogP contribution is 2.34. The molecule has 96 valence electrons. The van der Waals surface area contributed by atoms with Crippen LogP contribution in [0.25, 0.3) is 0 Å². The van der Waals surface area contributed by atoms with E-state index in [1.165, 1.54) is 0 Å². The summed E-state index contributed by atoms with van der Waals surface area (Å²) < 4.78 is 0. The number of anilines is 3. The van der Waals surface area contributed by atoms with Gasteiger partial charge in [-0.05, 0) is 36.8 Å². The van der Waals surface area contributed by atoms with E-state index in [4.69, 9.17) is 0 Å². The Hall–Kier alpha value is -2.29. The Bertz CT molecular complexity index is 622. The molecule has 1 aliphatic rings. The third-order valence-electron chi connectivity index (χ3n) is 3.31. The first-order chi connectivity index (χ1) is 9.25. The van der Waals surface area contributed by atoms with Crippen molar-refractivity contribution < 1.29 is 4.79 Å². The molecule has 0 fully saturated rings. The number of fused-ring (bicyclic) bond motifs is 1. The van der Waals surface area contributed by atoms with Crippen LogP contribution >= 0.6 is 0 Å². The van der Waals surface area contributed by atoms with Crippen molar-refractivity contribution in [2.75, 3.05) is 16.8 Å². The van der Waals surface area contributed by atoms with Gasteiger partial charge < -0.3 is 5.32 Å². The molecule has 0 spiro atoms. The van der Waals surface area contributed by atoms with Crippen LogP contribution in [0.4, 0.5) is 17.1 Å². The topological polar surface area (TPSA) is 32.3 Å². The third kappa shape index (κ3) is 2.19. The minimum absolute atomic E-state index is 0.128. The lowest BCUT2D eigenvalue weighted by Gasteiger charge is -2.23. The van der Waals surface area contributed by atoms with Gasteiger partial charge in [0.05, 0.1) is 11.4 Å². The fraction of sp³-hybridized carbons (Fsp3) is 0.188. The highest BCUT2D eigenvalue weighted by molar-refractivity contribution is 6.04. The van der Waals surface area contributed by atoms with E-state index in [0.29, 0.717) is 13.0 Å². The number of amides is 1. The molecule has 0 bridgehead atoms. The molecule has 3 rings (SSSR count). The van der Waals surface area contributed by atoms with Crippen LogP contribution in [0.3, 0.4) is 0 Å². The monoisotopic (exact) mass is 252 g/mol. The molecule has 0 radical (unpaired) electrons. The number of nitrogens with zero attached hydrogens (tertiary/aromatic N) is 1. The van der Waals surface area contributed by atoms with Gasteiger partial charge in [-0.25, -0.2) is 0 Å². The van der Waals surface area contributed by atoms with E-state index in [1.54, 1.807) is 0 Å². The lowest BCUT2D eigenvalue weighted by Crippen LogP contribution is -2.25. The zero-order valence-corrected chi connectivity index (χ0v) is 10.9. The van der Waals surface area contributed by atoms with Crippen molar-refractivity contribution in [3.05, 3.63) is 54.1 Å². The molecule has 0 atom stereocenters. The maximum Gasteiger partial charge on any atom is 0.233 e. The van der Waals surface area contributed by atoms with Gasteiger partial charge in [0.15, 0.2) is 0 Å². The minimum Gasteiger partial charge on any atom is -0.383 e. The van der Waals surface area contributed by atoms with Crippen LogP contribution in [0.2, 0.25) is 0 Å². The highest BCUT2D eigenvalue weighted by atomic mass is 16.2. The van der Waals surface area contributed by atoms with Crippen molar-refractivity contribution in [3.63, 3.8) is 0 Å². The fourth-order valence-electron chi connectivity index (χ4n) is 2.42. The first kappa shape index (κ1) is 11.8. The maximum atomic E-state index is 12.4. The van der Waals surface area contributed by atoms with Crippen LogP contribution in [0.5, 0.6) is 0 Å². The van der Waals surface area contributed by atoms with E-state index >= 15 is 0 Å². The molecule has 19 heavy (non-hydrogen) atoms. The number of carbonyl (C=O) groups excluding carboxylic acids is 1. The van der Waals surface area contributed by atoms with Crippen LogP contribution < -0.4 is 10.2 Å². The number of para-hydroxylation sites is 2. The zero-order chi connectivity index (χ0) is 13.2. The second-order valence-electron chi connectivity index (χ2n) is 4.76. The molecule has 0 saturated heterocycles. The first-order valence-electron chi connectivity index (χ1n) is 6.48. The lowest BCUT2D eigenvalue weighted by molar-refractivity contribution is -0.117. The van der Waals surface area contributed by atoms with Gasteiger partial charge in [0, 0.05) is 18.7 Å². The Morgan fingerprint density at radius 1 is 1.11 bits per heavy atom. The first-order valence-corrected chi connectivity index (χ1v) is 6.48. The molecule has 1 aliphatic heterocycles. The predicted octanol–water partition coefficient (Wildman–Crippen LogP) is 3.48. The summed E-state index contributed by atoms with van der Waals surface area (Å²) in [5.74, 6) is 0.128. The van der Waals surface area contributed by atoms with Crippen LogP contribution in [-0.2, 0) is 4.79 Å². The second-order valence-corrected chi connectivity index (χ2v) is 4.76. The van der Waals surface area contributed by atoms with Gasteiger partial charge in [0.1, 0.15) is 0 Å². The van der Waals surface area contributed by atoms with Gasteiger partial charge in [-0.1, -0.05) is 24.3 Å². The second kappa shape index (κ2) is 4.76. The van der Waals surface area contributed by atoms with Crippen molar-refractivity contribution in [2.24, 2.45) is 0 Å². The molecule has 2 aromatic rings. The molecular weight excluding hydrogens is 236 g/mol. The van der Waals surface area contributed by atoms with E-state index in [9.17, 15) is 4.79 Å². The average molecular weight is 252 g/mol. The SMILES string of the molecule is Cc1cccc(N2C(=O)CCNc3ccccc32)c1. The molecule has 3 heteroatoms. The van der Waals surface area contributed by atoms with Gasteiger partial charge in [0.25, 0.3) is 0 Å². The van der Waals surface area contributed by atoms with Crippen LogP contribution in [0.15, 0.2) is 48.5 Å². The molecule has 3 nitrogen and oxygen atoms in total. The Kier molecular flexibility index (Phi) is 2.95. The standard InChI is InChI=1S/C16H16N2O/c1-12-5-4-6-13(11-12)18-15-8-3-2-7-14(15)17-10-9-16(18)19/h2-8,11,17H,9-10H2,1H3. The van der Waals surface area contributed by atoms with Crippen molar-refractivity contribution in [1.82, 2.24) is 0 Å². The summed E-state index contributed by atoms with van der Waals surface area (Å²) in [5, 5.41) is 3.31. The number of benzene rings is 2. The van der Waals surface area contributed by atoms with E-state index in [-0.39, 0.29) is 5.91 Å². The predicted molar refractivity (Wildman–Crippen MR) is 77.9 cm³/mol. The molecule has 0 aromatic heterocycles. The van der Waals surface area contributed by atoms with Gasteiger partial charge in [-0.15, -0.1) is 0 Å². The Morgan fingerprint density at radius 2 is 1.95 bits per heavy atom. The van der Waals surface area contributed by atoms with E-state index in [1.807, 2.05) is 60.4 Å². The van der Waals surface area contributed by atoms with Gasteiger partial charge in [0.2, 0.25) is 5.91 Å². The Balaban J connectivity index is 2.14. The summed E-state index contributed by atoms with van der Waals surface area (Å²) >= 11 is 0. The van der Waals surface area contributed by atoms with E-state index in [0.717, 1.165) is 22.6 Å².